The van der Waals surface area contributed by atoms with Gasteiger partial charge in [0.15, 0.2) is 0 Å². The first-order chi connectivity index (χ1) is 6.66. The molecule has 0 bridgehead atoms. The van der Waals surface area contributed by atoms with E-state index in [-0.39, 0.29) is 5.82 Å². The van der Waals surface area contributed by atoms with Crippen LogP contribution in [0.25, 0.3) is 10.9 Å². The Balaban J connectivity index is 2.63. The topological polar surface area (TPSA) is 12.9 Å². The first-order valence-electron chi connectivity index (χ1n) is 4.72. The van der Waals surface area contributed by atoms with Crippen LogP contribution in [-0.4, -0.2) is 4.98 Å². The van der Waals surface area contributed by atoms with E-state index in [1.807, 2.05) is 12.3 Å². The van der Waals surface area contributed by atoms with Crippen molar-refractivity contribution in [1.82, 2.24) is 4.98 Å². The molecule has 1 heterocycles. The monoisotopic (exact) mass is 189 g/mol. The average Bonchev–Trinajstić information content (AvgIpc) is 2.16. The summed E-state index contributed by atoms with van der Waals surface area (Å²) in [5, 5.41) is 0.871. The molecule has 0 atom stereocenters. The molecule has 0 fully saturated rings. The quantitative estimate of drug-likeness (QED) is 0.669. The standard InChI is InChI=1S/C12H12FN/c1-8(2)10-5-9-6-11(13)3-4-12(9)14-7-10/h3-8H,1-2H3. The van der Waals surface area contributed by atoms with Gasteiger partial charge in [-0.3, -0.25) is 4.98 Å². The molecule has 0 saturated carbocycles. The molecule has 0 aliphatic carbocycles. The van der Waals surface area contributed by atoms with E-state index in [4.69, 9.17) is 0 Å². The van der Waals surface area contributed by atoms with Crippen molar-refractivity contribution in [2.45, 2.75) is 19.8 Å². The van der Waals surface area contributed by atoms with E-state index in [9.17, 15) is 4.39 Å². The number of pyridine rings is 1. The van der Waals surface area contributed by atoms with Crippen LogP contribution in [0.3, 0.4) is 0 Å². The van der Waals surface area contributed by atoms with Gasteiger partial charge >= 0.3 is 0 Å². The fourth-order valence-electron chi connectivity index (χ4n) is 1.44. The van der Waals surface area contributed by atoms with Gasteiger partial charge in [-0.2, -0.15) is 0 Å². The number of fused-ring (bicyclic) bond motifs is 1. The smallest absolute Gasteiger partial charge is 0.123 e. The van der Waals surface area contributed by atoms with Gasteiger partial charge in [-0.1, -0.05) is 13.8 Å². The highest BCUT2D eigenvalue weighted by Crippen LogP contribution is 2.19. The molecule has 2 heteroatoms. The van der Waals surface area contributed by atoms with Crippen molar-refractivity contribution in [3.05, 3.63) is 41.8 Å². The maximum atomic E-state index is 12.9. The summed E-state index contributed by atoms with van der Waals surface area (Å²) in [5.74, 6) is 0.218. The lowest BCUT2D eigenvalue weighted by molar-refractivity contribution is 0.629. The van der Waals surface area contributed by atoms with Gasteiger partial charge in [-0.05, 0) is 35.7 Å². The van der Waals surface area contributed by atoms with Crippen LogP contribution in [-0.2, 0) is 0 Å². The second-order valence-corrected chi connectivity index (χ2v) is 3.76. The molecular weight excluding hydrogens is 177 g/mol. The lowest BCUT2D eigenvalue weighted by atomic mass is 10.0. The van der Waals surface area contributed by atoms with Crippen LogP contribution < -0.4 is 0 Å². The van der Waals surface area contributed by atoms with Gasteiger partial charge in [0.2, 0.25) is 0 Å². The second-order valence-electron chi connectivity index (χ2n) is 3.76. The van der Waals surface area contributed by atoms with Crippen molar-refractivity contribution >= 4 is 10.9 Å². The van der Waals surface area contributed by atoms with Crippen LogP contribution >= 0.6 is 0 Å². The molecule has 0 aliphatic heterocycles. The third-order valence-corrected chi connectivity index (χ3v) is 2.33. The highest BCUT2D eigenvalue weighted by atomic mass is 19.1. The second kappa shape index (κ2) is 3.37. The minimum Gasteiger partial charge on any atom is -0.256 e. The number of halogens is 1. The van der Waals surface area contributed by atoms with Crippen LogP contribution in [0, 0.1) is 5.82 Å². The summed E-state index contributed by atoms with van der Waals surface area (Å²) in [6.45, 7) is 4.20. The van der Waals surface area contributed by atoms with Crippen LogP contribution in [0.1, 0.15) is 25.3 Å². The molecule has 0 amide bonds. The normalized spacial score (nSPS) is 11.1. The molecule has 14 heavy (non-hydrogen) atoms. The summed E-state index contributed by atoms with van der Waals surface area (Å²) < 4.78 is 12.9. The van der Waals surface area contributed by atoms with Crippen molar-refractivity contribution in [2.75, 3.05) is 0 Å². The fraction of sp³-hybridized carbons (Fsp3) is 0.250. The van der Waals surface area contributed by atoms with Crippen LogP contribution in [0.15, 0.2) is 30.5 Å². The summed E-state index contributed by atoms with van der Waals surface area (Å²) in [5.41, 5.74) is 1.99. The number of hydrogen-bond acceptors (Lipinski definition) is 1. The Hall–Kier alpha value is -1.44. The van der Waals surface area contributed by atoms with E-state index in [1.54, 1.807) is 6.07 Å². The van der Waals surface area contributed by atoms with E-state index in [0.29, 0.717) is 5.92 Å². The molecule has 1 aromatic heterocycles. The summed E-state index contributed by atoms with van der Waals surface area (Å²) >= 11 is 0. The number of hydrogen-bond donors (Lipinski definition) is 0. The van der Waals surface area contributed by atoms with Crippen LogP contribution in [0.5, 0.6) is 0 Å². The minimum absolute atomic E-state index is 0.208. The SMILES string of the molecule is CC(C)c1cnc2ccc(F)cc2c1. The number of benzene rings is 1. The summed E-state index contributed by atoms with van der Waals surface area (Å²) in [6, 6.07) is 6.66. The molecule has 0 unspecified atom stereocenters. The zero-order valence-electron chi connectivity index (χ0n) is 8.29. The third-order valence-electron chi connectivity index (χ3n) is 2.33. The van der Waals surface area contributed by atoms with Gasteiger partial charge in [0.05, 0.1) is 5.52 Å². The van der Waals surface area contributed by atoms with Crippen molar-refractivity contribution in [3.8, 4) is 0 Å². The summed E-state index contributed by atoms with van der Waals surface area (Å²) in [7, 11) is 0. The van der Waals surface area contributed by atoms with E-state index >= 15 is 0 Å². The zero-order chi connectivity index (χ0) is 10.1. The molecule has 1 aromatic carbocycles. The first-order valence-corrected chi connectivity index (χ1v) is 4.72. The van der Waals surface area contributed by atoms with E-state index in [1.165, 1.54) is 12.1 Å². The van der Waals surface area contributed by atoms with Crippen LogP contribution in [0.2, 0.25) is 0 Å². The Morgan fingerprint density at radius 2 is 2.00 bits per heavy atom. The fourth-order valence-corrected chi connectivity index (χ4v) is 1.44. The Morgan fingerprint density at radius 1 is 1.21 bits per heavy atom. The molecule has 2 aromatic rings. The maximum absolute atomic E-state index is 12.9. The number of rotatable bonds is 1. The van der Waals surface area contributed by atoms with Gasteiger partial charge in [-0.25, -0.2) is 4.39 Å². The van der Waals surface area contributed by atoms with Gasteiger partial charge in [-0.15, -0.1) is 0 Å². The highest BCUT2D eigenvalue weighted by molar-refractivity contribution is 5.79. The van der Waals surface area contributed by atoms with Crippen LogP contribution in [0.4, 0.5) is 4.39 Å². The maximum Gasteiger partial charge on any atom is 0.123 e. The third kappa shape index (κ3) is 1.60. The van der Waals surface area contributed by atoms with Gasteiger partial charge in [0.1, 0.15) is 5.82 Å². The Morgan fingerprint density at radius 3 is 2.71 bits per heavy atom. The van der Waals surface area contributed by atoms with E-state index in [0.717, 1.165) is 16.5 Å². The molecule has 0 aliphatic rings. The van der Waals surface area contributed by atoms with E-state index in [2.05, 4.69) is 18.8 Å². The Bertz CT molecular complexity index is 463. The molecular formula is C12H12FN. The van der Waals surface area contributed by atoms with Crippen molar-refractivity contribution in [2.24, 2.45) is 0 Å². The summed E-state index contributed by atoms with van der Waals surface area (Å²) in [4.78, 5) is 4.28. The summed E-state index contributed by atoms with van der Waals surface area (Å²) in [6.07, 6.45) is 1.85. The van der Waals surface area contributed by atoms with Gasteiger partial charge in [0.25, 0.3) is 0 Å². The number of nitrogens with zero attached hydrogens (tertiary/aromatic N) is 1. The molecule has 2 rings (SSSR count). The molecule has 0 radical (unpaired) electrons. The molecule has 1 nitrogen and oxygen atoms in total. The Kier molecular flexibility index (Phi) is 2.20. The first kappa shape index (κ1) is 9.13. The largest absolute Gasteiger partial charge is 0.256 e. The lowest BCUT2D eigenvalue weighted by Gasteiger charge is -2.05. The number of aromatic nitrogens is 1. The lowest BCUT2D eigenvalue weighted by Crippen LogP contribution is -1.89. The average molecular weight is 189 g/mol. The molecule has 72 valence electrons. The molecule has 0 spiro atoms. The predicted molar refractivity (Wildman–Crippen MR) is 55.8 cm³/mol. The van der Waals surface area contributed by atoms with Gasteiger partial charge < -0.3 is 0 Å². The zero-order valence-corrected chi connectivity index (χ0v) is 8.29. The Labute approximate surface area is 82.6 Å². The predicted octanol–water partition coefficient (Wildman–Crippen LogP) is 3.50. The van der Waals surface area contributed by atoms with E-state index < -0.39 is 0 Å². The minimum atomic E-state index is -0.208. The van der Waals surface area contributed by atoms with Crippen molar-refractivity contribution < 1.29 is 4.39 Å². The van der Waals surface area contributed by atoms with Gasteiger partial charge in [0, 0.05) is 11.6 Å². The molecule has 0 saturated heterocycles. The van der Waals surface area contributed by atoms with Crippen molar-refractivity contribution in [1.29, 1.82) is 0 Å². The molecule has 0 N–H and O–H groups in total. The highest BCUT2D eigenvalue weighted by Gasteiger charge is 2.02. The van der Waals surface area contributed by atoms with Crippen molar-refractivity contribution in [3.63, 3.8) is 0 Å².